The molecule has 0 atom stereocenters. The first-order valence-corrected chi connectivity index (χ1v) is 9.83. The van der Waals surface area contributed by atoms with Gasteiger partial charge in [0.05, 0.1) is 31.6 Å². The first-order valence-electron chi connectivity index (χ1n) is 9.83. The van der Waals surface area contributed by atoms with Crippen molar-refractivity contribution >= 4 is 11.4 Å². The Kier molecular flexibility index (Phi) is 5.89. The quantitative estimate of drug-likeness (QED) is 0.408. The smallest absolute Gasteiger partial charge is 0.389 e. The van der Waals surface area contributed by atoms with Crippen LogP contribution in [0, 0.1) is 0 Å². The van der Waals surface area contributed by atoms with Gasteiger partial charge in [-0.05, 0) is 23.8 Å². The van der Waals surface area contributed by atoms with Crippen molar-refractivity contribution in [3.8, 4) is 28.3 Å². The fourth-order valence-electron chi connectivity index (χ4n) is 3.46. The molecule has 6 nitrogen and oxygen atoms in total. The molecule has 0 bridgehead atoms. The zero-order valence-corrected chi connectivity index (χ0v) is 17.1. The number of ether oxygens (including phenoxy) is 1. The minimum Gasteiger partial charge on any atom is -0.493 e. The number of benzene rings is 1. The third kappa shape index (κ3) is 4.77. The first kappa shape index (κ1) is 21.5. The van der Waals surface area contributed by atoms with E-state index in [0.717, 1.165) is 16.8 Å². The van der Waals surface area contributed by atoms with Crippen molar-refractivity contribution < 1.29 is 22.7 Å². The maximum atomic E-state index is 12.4. The van der Waals surface area contributed by atoms with Crippen molar-refractivity contribution in [1.29, 1.82) is 0 Å². The van der Waals surface area contributed by atoms with Crippen LogP contribution >= 0.6 is 0 Å². The molecule has 164 valence electrons. The zero-order chi connectivity index (χ0) is 22.7. The molecule has 0 fully saturated rings. The van der Waals surface area contributed by atoms with Crippen LogP contribution in [0.25, 0.3) is 28.2 Å². The molecule has 4 rings (SSSR count). The van der Waals surface area contributed by atoms with Crippen LogP contribution in [0.15, 0.2) is 61.3 Å². The van der Waals surface area contributed by atoms with Crippen LogP contribution in [0.1, 0.15) is 18.4 Å². The monoisotopic (exact) mass is 440 g/mol. The van der Waals surface area contributed by atoms with E-state index in [2.05, 4.69) is 15.0 Å². The van der Waals surface area contributed by atoms with Crippen LogP contribution < -0.4 is 4.74 Å². The fraction of sp³-hybridized carbons (Fsp3) is 0.217. The lowest BCUT2D eigenvalue weighted by atomic mass is 10.0. The van der Waals surface area contributed by atoms with Gasteiger partial charge in [0.1, 0.15) is 23.5 Å². The molecule has 9 heteroatoms. The summed E-state index contributed by atoms with van der Waals surface area (Å²) in [5.74, 6) is 0.104. The summed E-state index contributed by atoms with van der Waals surface area (Å²) in [6.07, 6.45) is 0.611. The highest BCUT2D eigenvalue weighted by Crippen LogP contribution is 2.29. The molecule has 0 N–H and O–H groups in total. The average Bonchev–Trinajstić information content (AvgIpc) is 3.21. The second kappa shape index (κ2) is 8.78. The minimum atomic E-state index is -4.33. The lowest BCUT2D eigenvalue weighted by Crippen LogP contribution is -2.12. The summed E-state index contributed by atoms with van der Waals surface area (Å²) >= 11 is 0. The van der Waals surface area contributed by atoms with Crippen LogP contribution in [-0.2, 0) is 11.2 Å². The normalized spacial score (nSPS) is 11.6. The number of rotatable bonds is 7. The minimum absolute atomic E-state index is 0.0433. The predicted octanol–water partition coefficient (Wildman–Crippen LogP) is 4.92. The molecule has 0 aliphatic rings. The molecule has 0 saturated heterocycles. The van der Waals surface area contributed by atoms with Gasteiger partial charge in [0.15, 0.2) is 5.75 Å². The van der Waals surface area contributed by atoms with Gasteiger partial charge in [0.2, 0.25) is 0 Å². The third-order valence-electron chi connectivity index (χ3n) is 5.00. The number of ketones is 1. The molecule has 4 aromatic rings. The van der Waals surface area contributed by atoms with E-state index in [4.69, 9.17) is 4.74 Å². The second-order valence-corrected chi connectivity index (χ2v) is 7.26. The maximum absolute atomic E-state index is 12.4. The SMILES string of the molecule is COc1cncnc1-c1ccn2c(-c3cccc(CC(=O)CCC(F)(F)F)c3)cnc2c1. The lowest BCUT2D eigenvalue weighted by Gasteiger charge is -2.09. The van der Waals surface area contributed by atoms with E-state index >= 15 is 0 Å². The molecule has 3 heterocycles. The van der Waals surface area contributed by atoms with Gasteiger partial charge in [0.25, 0.3) is 0 Å². The number of imidazole rings is 1. The number of fused-ring (bicyclic) bond motifs is 1. The van der Waals surface area contributed by atoms with Crippen LogP contribution in [0.3, 0.4) is 0 Å². The number of hydrogen-bond donors (Lipinski definition) is 0. The summed E-state index contributed by atoms with van der Waals surface area (Å²) in [4.78, 5) is 24.7. The molecule has 0 aliphatic heterocycles. The highest BCUT2D eigenvalue weighted by atomic mass is 19.4. The van der Waals surface area contributed by atoms with Gasteiger partial charge in [0, 0.05) is 30.2 Å². The molecular formula is C23H19F3N4O2. The average molecular weight is 440 g/mol. The number of hydrogen-bond acceptors (Lipinski definition) is 5. The Labute approximate surface area is 181 Å². The van der Waals surface area contributed by atoms with Gasteiger partial charge in [-0.25, -0.2) is 15.0 Å². The van der Waals surface area contributed by atoms with Gasteiger partial charge < -0.3 is 4.74 Å². The summed E-state index contributed by atoms with van der Waals surface area (Å²) in [5, 5.41) is 0. The van der Waals surface area contributed by atoms with Gasteiger partial charge in [-0.1, -0.05) is 18.2 Å². The summed E-state index contributed by atoms with van der Waals surface area (Å²) in [6, 6.07) is 10.9. The highest BCUT2D eigenvalue weighted by Gasteiger charge is 2.27. The van der Waals surface area contributed by atoms with Gasteiger partial charge in [-0.15, -0.1) is 0 Å². The molecule has 0 aliphatic carbocycles. The number of carbonyl (C=O) groups is 1. The molecule has 0 saturated carbocycles. The standard InChI is InChI=1S/C23H19F3N4O2/c1-32-20-13-27-14-29-22(20)17-6-8-30-19(12-28-21(30)11-17)16-4-2-3-15(9-16)10-18(31)5-7-23(24,25)26/h2-4,6,8-9,11-14H,5,7,10H2,1H3. The molecule has 0 radical (unpaired) electrons. The van der Waals surface area contributed by atoms with E-state index in [1.165, 1.54) is 6.33 Å². The van der Waals surface area contributed by atoms with E-state index in [0.29, 0.717) is 22.7 Å². The van der Waals surface area contributed by atoms with E-state index in [1.54, 1.807) is 37.7 Å². The van der Waals surface area contributed by atoms with E-state index < -0.39 is 24.8 Å². The molecule has 0 amide bonds. The Morgan fingerprint density at radius 3 is 2.72 bits per heavy atom. The molecular weight excluding hydrogens is 421 g/mol. The van der Waals surface area contributed by atoms with Crippen molar-refractivity contribution in [2.24, 2.45) is 0 Å². The van der Waals surface area contributed by atoms with Crippen molar-refractivity contribution in [2.75, 3.05) is 7.11 Å². The Bertz CT molecular complexity index is 1270. The van der Waals surface area contributed by atoms with E-state index in [-0.39, 0.29) is 6.42 Å². The molecule has 32 heavy (non-hydrogen) atoms. The largest absolute Gasteiger partial charge is 0.493 e. The number of halogens is 3. The Hall–Kier alpha value is -3.75. The van der Waals surface area contributed by atoms with Crippen LogP contribution in [0.2, 0.25) is 0 Å². The number of alkyl halides is 3. The third-order valence-corrected chi connectivity index (χ3v) is 5.00. The van der Waals surface area contributed by atoms with Crippen LogP contribution in [0.5, 0.6) is 5.75 Å². The predicted molar refractivity (Wildman–Crippen MR) is 112 cm³/mol. The van der Waals surface area contributed by atoms with Gasteiger partial charge in [-0.2, -0.15) is 13.2 Å². The molecule has 0 spiro atoms. The number of pyridine rings is 1. The lowest BCUT2D eigenvalue weighted by molar-refractivity contribution is -0.143. The van der Waals surface area contributed by atoms with E-state index in [9.17, 15) is 18.0 Å². The molecule has 3 aromatic heterocycles. The number of methoxy groups -OCH3 is 1. The Morgan fingerprint density at radius 1 is 1.09 bits per heavy atom. The summed E-state index contributed by atoms with van der Waals surface area (Å²) < 4.78 is 44.3. The van der Waals surface area contributed by atoms with Crippen molar-refractivity contribution in [3.63, 3.8) is 0 Å². The van der Waals surface area contributed by atoms with Crippen molar-refractivity contribution in [3.05, 3.63) is 66.9 Å². The number of nitrogens with zero attached hydrogens (tertiary/aromatic N) is 4. The number of Topliss-reactive ketones (excluding diaryl/α,β-unsaturated/α-hetero) is 1. The molecule has 1 aromatic carbocycles. The number of carbonyl (C=O) groups excluding carboxylic acids is 1. The van der Waals surface area contributed by atoms with Gasteiger partial charge >= 0.3 is 6.18 Å². The van der Waals surface area contributed by atoms with Gasteiger partial charge in [-0.3, -0.25) is 9.20 Å². The fourth-order valence-corrected chi connectivity index (χ4v) is 3.46. The van der Waals surface area contributed by atoms with Crippen molar-refractivity contribution in [1.82, 2.24) is 19.4 Å². The topological polar surface area (TPSA) is 69.4 Å². The Balaban J connectivity index is 1.59. The Morgan fingerprint density at radius 2 is 1.94 bits per heavy atom. The first-order chi connectivity index (χ1) is 15.3. The summed E-state index contributed by atoms with van der Waals surface area (Å²) in [6.45, 7) is 0. The maximum Gasteiger partial charge on any atom is 0.389 e. The van der Waals surface area contributed by atoms with Crippen LogP contribution in [0.4, 0.5) is 13.2 Å². The summed E-state index contributed by atoms with van der Waals surface area (Å²) in [5.41, 5.74) is 4.42. The van der Waals surface area contributed by atoms with Crippen LogP contribution in [-0.4, -0.2) is 38.4 Å². The van der Waals surface area contributed by atoms with Crippen molar-refractivity contribution in [2.45, 2.75) is 25.4 Å². The summed E-state index contributed by atoms with van der Waals surface area (Å²) in [7, 11) is 1.55. The highest BCUT2D eigenvalue weighted by molar-refractivity contribution is 5.81. The molecule has 0 unspecified atom stereocenters. The zero-order valence-electron chi connectivity index (χ0n) is 17.1. The second-order valence-electron chi connectivity index (χ2n) is 7.26. The van der Waals surface area contributed by atoms with E-state index in [1.807, 2.05) is 28.8 Å². The number of aromatic nitrogens is 4.